The Kier molecular flexibility index (Phi) is 1.64. The summed E-state index contributed by atoms with van der Waals surface area (Å²) in [4.78, 5) is 0. The Morgan fingerprint density at radius 1 is 1.73 bits per heavy atom. The molecule has 0 aromatic carbocycles. The van der Waals surface area contributed by atoms with Gasteiger partial charge >= 0.3 is 0 Å². The van der Waals surface area contributed by atoms with Crippen LogP contribution in [0, 0.1) is 0 Å². The highest BCUT2D eigenvalue weighted by atomic mass is 35.5. The van der Waals surface area contributed by atoms with Crippen molar-refractivity contribution in [3.8, 4) is 0 Å². The first-order valence-electron chi connectivity index (χ1n) is 3.90. The summed E-state index contributed by atoms with van der Waals surface area (Å²) in [5.74, 6) is 1.30. The fraction of sp³-hybridized carbons (Fsp3) is 0.625. The standard InChI is InChI=1S/C8H11ClN2/c1-11-8(6-2-3-6)4-7(5-9)10-11/h4,6H,2-3,5H2,1H3. The second-order valence-electron chi connectivity index (χ2n) is 3.09. The van der Waals surface area contributed by atoms with Gasteiger partial charge in [-0.15, -0.1) is 11.6 Å². The van der Waals surface area contributed by atoms with Crippen molar-refractivity contribution in [2.75, 3.05) is 0 Å². The second-order valence-corrected chi connectivity index (χ2v) is 3.36. The summed E-state index contributed by atoms with van der Waals surface area (Å²) in [5, 5.41) is 4.28. The number of aryl methyl sites for hydroxylation is 1. The molecule has 0 radical (unpaired) electrons. The molecule has 11 heavy (non-hydrogen) atoms. The van der Waals surface area contributed by atoms with E-state index in [4.69, 9.17) is 11.6 Å². The van der Waals surface area contributed by atoms with E-state index in [-0.39, 0.29) is 0 Å². The van der Waals surface area contributed by atoms with E-state index in [1.807, 2.05) is 11.7 Å². The maximum Gasteiger partial charge on any atom is 0.0775 e. The molecule has 0 spiro atoms. The van der Waals surface area contributed by atoms with Gasteiger partial charge in [-0.25, -0.2) is 0 Å². The van der Waals surface area contributed by atoms with E-state index in [2.05, 4.69) is 11.2 Å². The van der Waals surface area contributed by atoms with Crippen LogP contribution < -0.4 is 0 Å². The maximum atomic E-state index is 5.66. The van der Waals surface area contributed by atoms with Crippen LogP contribution in [-0.2, 0) is 12.9 Å². The monoisotopic (exact) mass is 170 g/mol. The molecule has 1 saturated carbocycles. The van der Waals surface area contributed by atoms with Crippen LogP contribution in [0.2, 0.25) is 0 Å². The molecule has 1 aromatic rings. The van der Waals surface area contributed by atoms with Gasteiger partial charge in [0.25, 0.3) is 0 Å². The SMILES string of the molecule is Cn1nc(CCl)cc1C1CC1. The van der Waals surface area contributed by atoms with Gasteiger partial charge in [-0.3, -0.25) is 4.68 Å². The molecule has 0 amide bonds. The van der Waals surface area contributed by atoms with Crippen LogP contribution in [0.15, 0.2) is 6.07 Å². The number of aromatic nitrogens is 2. The largest absolute Gasteiger partial charge is 0.272 e. The molecule has 1 aliphatic rings. The number of hydrogen-bond donors (Lipinski definition) is 0. The van der Waals surface area contributed by atoms with Gasteiger partial charge in [-0.2, -0.15) is 5.10 Å². The lowest BCUT2D eigenvalue weighted by molar-refractivity contribution is 0.706. The van der Waals surface area contributed by atoms with E-state index in [0.717, 1.165) is 11.6 Å². The molecule has 3 heteroatoms. The molecule has 0 atom stereocenters. The van der Waals surface area contributed by atoms with E-state index < -0.39 is 0 Å². The zero-order valence-electron chi connectivity index (χ0n) is 6.55. The number of hydrogen-bond acceptors (Lipinski definition) is 1. The van der Waals surface area contributed by atoms with Gasteiger partial charge in [-0.1, -0.05) is 0 Å². The van der Waals surface area contributed by atoms with E-state index in [9.17, 15) is 0 Å². The summed E-state index contributed by atoms with van der Waals surface area (Å²) in [5.41, 5.74) is 2.34. The average Bonchev–Trinajstić information content (AvgIpc) is 2.76. The third-order valence-corrected chi connectivity index (χ3v) is 2.37. The molecule has 0 bridgehead atoms. The van der Waals surface area contributed by atoms with E-state index in [1.54, 1.807) is 0 Å². The summed E-state index contributed by atoms with van der Waals surface area (Å²) >= 11 is 5.66. The van der Waals surface area contributed by atoms with Crippen LogP contribution in [0.4, 0.5) is 0 Å². The first-order valence-corrected chi connectivity index (χ1v) is 4.43. The lowest BCUT2D eigenvalue weighted by atomic mass is 10.3. The molecule has 60 valence electrons. The molecule has 0 saturated heterocycles. The van der Waals surface area contributed by atoms with Crippen molar-refractivity contribution >= 4 is 11.6 Å². The molecule has 1 fully saturated rings. The van der Waals surface area contributed by atoms with Crippen molar-refractivity contribution < 1.29 is 0 Å². The van der Waals surface area contributed by atoms with Crippen molar-refractivity contribution in [1.29, 1.82) is 0 Å². The predicted molar refractivity (Wildman–Crippen MR) is 44.7 cm³/mol. The van der Waals surface area contributed by atoms with Gasteiger partial charge < -0.3 is 0 Å². The Labute approximate surface area is 71.2 Å². The highest BCUT2D eigenvalue weighted by Crippen LogP contribution is 2.39. The van der Waals surface area contributed by atoms with Crippen LogP contribution in [-0.4, -0.2) is 9.78 Å². The van der Waals surface area contributed by atoms with E-state index in [0.29, 0.717) is 5.88 Å². The van der Waals surface area contributed by atoms with Crippen molar-refractivity contribution in [2.24, 2.45) is 7.05 Å². The minimum atomic E-state index is 0.528. The van der Waals surface area contributed by atoms with Crippen LogP contribution >= 0.6 is 11.6 Å². The second kappa shape index (κ2) is 2.52. The fourth-order valence-electron chi connectivity index (χ4n) is 1.37. The van der Waals surface area contributed by atoms with Gasteiger partial charge in [0.1, 0.15) is 0 Å². The van der Waals surface area contributed by atoms with Gasteiger partial charge in [0, 0.05) is 18.7 Å². The van der Waals surface area contributed by atoms with Crippen molar-refractivity contribution in [2.45, 2.75) is 24.6 Å². The molecule has 1 aliphatic carbocycles. The first-order chi connectivity index (χ1) is 5.31. The first kappa shape index (κ1) is 7.17. The van der Waals surface area contributed by atoms with Crippen molar-refractivity contribution in [3.63, 3.8) is 0 Å². The number of halogens is 1. The predicted octanol–water partition coefficient (Wildman–Crippen LogP) is 2.04. The lowest BCUT2D eigenvalue weighted by Crippen LogP contribution is -1.95. The topological polar surface area (TPSA) is 17.8 Å². The Balaban J connectivity index is 2.30. The Hall–Kier alpha value is -0.500. The van der Waals surface area contributed by atoms with Gasteiger partial charge in [-0.05, 0) is 18.9 Å². The van der Waals surface area contributed by atoms with Crippen LogP contribution in [0.1, 0.15) is 30.1 Å². The molecule has 2 nitrogen and oxygen atoms in total. The Bertz CT molecular complexity index is 263. The fourth-order valence-corrected chi connectivity index (χ4v) is 1.50. The van der Waals surface area contributed by atoms with E-state index >= 15 is 0 Å². The third-order valence-electron chi connectivity index (χ3n) is 2.10. The summed E-state index contributed by atoms with van der Waals surface area (Å²) in [6.45, 7) is 0. The smallest absolute Gasteiger partial charge is 0.0775 e. The number of rotatable bonds is 2. The molecular formula is C8H11ClN2. The summed E-state index contributed by atoms with van der Waals surface area (Å²) in [7, 11) is 1.99. The summed E-state index contributed by atoms with van der Waals surface area (Å²) in [6.07, 6.45) is 2.64. The zero-order chi connectivity index (χ0) is 7.84. The average molecular weight is 171 g/mol. The number of nitrogens with zero attached hydrogens (tertiary/aromatic N) is 2. The summed E-state index contributed by atoms with van der Waals surface area (Å²) in [6, 6.07) is 2.12. The van der Waals surface area contributed by atoms with E-state index in [1.165, 1.54) is 18.5 Å². The summed E-state index contributed by atoms with van der Waals surface area (Å²) < 4.78 is 1.95. The minimum absolute atomic E-state index is 0.528. The minimum Gasteiger partial charge on any atom is -0.272 e. The zero-order valence-corrected chi connectivity index (χ0v) is 7.30. The normalized spacial score (nSPS) is 17.3. The molecule has 2 rings (SSSR count). The molecule has 0 N–H and O–H groups in total. The lowest BCUT2D eigenvalue weighted by Gasteiger charge is -1.94. The van der Waals surface area contributed by atoms with Crippen molar-refractivity contribution in [3.05, 3.63) is 17.5 Å². The molecular weight excluding hydrogens is 160 g/mol. The Morgan fingerprint density at radius 3 is 2.91 bits per heavy atom. The highest BCUT2D eigenvalue weighted by Gasteiger charge is 2.26. The highest BCUT2D eigenvalue weighted by molar-refractivity contribution is 6.16. The Morgan fingerprint density at radius 2 is 2.45 bits per heavy atom. The molecule has 0 unspecified atom stereocenters. The van der Waals surface area contributed by atoms with Crippen LogP contribution in [0.3, 0.4) is 0 Å². The quantitative estimate of drug-likeness (QED) is 0.622. The molecule has 1 aromatic heterocycles. The van der Waals surface area contributed by atoms with Crippen molar-refractivity contribution in [1.82, 2.24) is 9.78 Å². The van der Waals surface area contributed by atoms with Gasteiger partial charge in [0.15, 0.2) is 0 Å². The number of alkyl halides is 1. The maximum absolute atomic E-state index is 5.66. The van der Waals surface area contributed by atoms with Crippen LogP contribution in [0.25, 0.3) is 0 Å². The molecule has 1 heterocycles. The molecule has 0 aliphatic heterocycles. The third kappa shape index (κ3) is 1.27. The van der Waals surface area contributed by atoms with Gasteiger partial charge in [0.05, 0.1) is 11.6 Å². The van der Waals surface area contributed by atoms with Gasteiger partial charge in [0.2, 0.25) is 0 Å². The van der Waals surface area contributed by atoms with Crippen LogP contribution in [0.5, 0.6) is 0 Å².